The van der Waals surface area contributed by atoms with E-state index >= 15 is 0 Å². The highest BCUT2D eigenvalue weighted by Crippen LogP contribution is 2.38. The smallest absolute Gasteiger partial charge is 0.282 e. The Bertz CT molecular complexity index is 1170. The van der Waals surface area contributed by atoms with Gasteiger partial charge in [0.15, 0.2) is 0 Å². The molecular weight excluding hydrogens is 376 g/mol. The minimum Gasteiger partial charge on any atom is -0.282 e. The fraction of sp³-hybridized carbons (Fsp3) is 0. The number of rotatable bonds is 4. The number of hydrogen-bond acceptors (Lipinski definition) is 4. The summed E-state index contributed by atoms with van der Waals surface area (Å²) in [6.45, 7) is 0. The quantitative estimate of drug-likeness (QED) is 0.660. The van der Waals surface area contributed by atoms with Crippen molar-refractivity contribution in [1.82, 2.24) is 0 Å². The summed E-state index contributed by atoms with van der Waals surface area (Å²) in [5.74, 6) is 0. The van der Waals surface area contributed by atoms with Gasteiger partial charge in [0.05, 0.1) is 0 Å². The van der Waals surface area contributed by atoms with Gasteiger partial charge < -0.3 is 0 Å². The van der Waals surface area contributed by atoms with Gasteiger partial charge in [-0.15, -0.1) is 0 Å². The minimum atomic E-state index is -4.93. The lowest BCUT2D eigenvalue weighted by Gasteiger charge is -2.14. The molecule has 2 N–H and O–H groups in total. The summed E-state index contributed by atoms with van der Waals surface area (Å²) in [5.41, 5.74) is 1.80. The fourth-order valence-corrected chi connectivity index (χ4v) is 4.79. The first-order valence-corrected chi connectivity index (χ1v) is 10.3. The largest absolute Gasteiger partial charge is 0.296 e. The van der Waals surface area contributed by atoms with Gasteiger partial charge in [-0.1, -0.05) is 66.7 Å². The Kier molecular flexibility index (Phi) is 4.68. The summed E-state index contributed by atoms with van der Waals surface area (Å²) in [4.78, 5) is -1.73. The maximum Gasteiger partial charge on any atom is 0.296 e. The van der Waals surface area contributed by atoms with Crippen molar-refractivity contribution in [3.05, 3.63) is 72.8 Å². The van der Waals surface area contributed by atoms with Crippen molar-refractivity contribution in [2.45, 2.75) is 9.79 Å². The molecule has 0 radical (unpaired) electrons. The van der Waals surface area contributed by atoms with Gasteiger partial charge in [-0.05, 0) is 22.8 Å². The second kappa shape index (κ2) is 6.65. The average molecular weight is 390 g/mol. The molecule has 0 spiro atoms. The molecule has 8 heteroatoms. The second-order valence-electron chi connectivity index (χ2n) is 5.49. The number of benzene rings is 3. The van der Waals surface area contributed by atoms with Gasteiger partial charge in [0.1, 0.15) is 9.79 Å². The molecule has 0 aliphatic rings. The molecule has 3 aromatic carbocycles. The van der Waals surface area contributed by atoms with Gasteiger partial charge >= 0.3 is 0 Å². The van der Waals surface area contributed by atoms with E-state index in [0.717, 1.165) is 11.6 Å². The van der Waals surface area contributed by atoms with Crippen molar-refractivity contribution >= 4 is 20.2 Å². The zero-order chi connectivity index (χ0) is 18.9. The van der Waals surface area contributed by atoms with Gasteiger partial charge in [-0.3, -0.25) is 9.11 Å². The van der Waals surface area contributed by atoms with Crippen molar-refractivity contribution in [1.29, 1.82) is 0 Å². The van der Waals surface area contributed by atoms with Crippen LogP contribution in [0.25, 0.3) is 22.3 Å². The van der Waals surface area contributed by atoms with Crippen molar-refractivity contribution in [3.8, 4) is 22.3 Å². The van der Waals surface area contributed by atoms with Crippen LogP contribution in [0, 0.1) is 0 Å². The standard InChI is InChI=1S/C18H14O6S2/c19-25(20,21)17-12-6-11-16(18(17)26(22,23)24)15-10-5-4-9-14(15)13-7-2-1-3-8-13/h1-12H,(H,19,20,21)(H,22,23,24). The van der Waals surface area contributed by atoms with Crippen LogP contribution in [0.5, 0.6) is 0 Å². The Morgan fingerprint density at radius 1 is 0.538 bits per heavy atom. The Labute approximate surface area is 151 Å². The summed E-state index contributed by atoms with van der Waals surface area (Å²) in [7, 11) is -9.80. The lowest BCUT2D eigenvalue weighted by atomic mass is 9.95. The van der Waals surface area contributed by atoms with Crippen LogP contribution < -0.4 is 0 Å². The average Bonchev–Trinajstić information content (AvgIpc) is 2.60. The lowest BCUT2D eigenvalue weighted by Crippen LogP contribution is -2.10. The normalized spacial score (nSPS) is 12.1. The second-order valence-corrected chi connectivity index (χ2v) is 8.24. The van der Waals surface area contributed by atoms with Crippen LogP contribution in [0.1, 0.15) is 0 Å². The van der Waals surface area contributed by atoms with Gasteiger partial charge in [0, 0.05) is 5.56 Å². The van der Waals surface area contributed by atoms with Gasteiger partial charge in [-0.25, -0.2) is 0 Å². The highest BCUT2D eigenvalue weighted by molar-refractivity contribution is 7.89. The monoisotopic (exact) mass is 390 g/mol. The van der Waals surface area contributed by atoms with Crippen LogP contribution >= 0.6 is 0 Å². The maximum atomic E-state index is 11.9. The topological polar surface area (TPSA) is 109 Å². The molecule has 0 amide bonds. The zero-order valence-corrected chi connectivity index (χ0v) is 14.9. The molecule has 0 saturated carbocycles. The molecule has 134 valence electrons. The molecule has 26 heavy (non-hydrogen) atoms. The molecule has 0 aliphatic carbocycles. The highest BCUT2D eigenvalue weighted by atomic mass is 32.2. The summed E-state index contributed by atoms with van der Waals surface area (Å²) in [6.07, 6.45) is 0. The van der Waals surface area contributed by atoms with Crippen molar-refractivity contribution in [3.63, 3.8) is 0 Å². The van der Waals surface area contributed by atoms with Crippen LogP contribution in [0.15, 0.2) is 82.6 Å². The van der Waals surface area contributed by atoms with E-state index in [9.17, 15) is 25.9 Å². The molecule has 0 fully saturated rings. The van der Waals surface area contributed by atoms with Crippen LogP contribution in [-0.2, 0) is 20.2 Å². The molecule has 3 rings (SSSR count). The van der Waals surface area contributed by atoms with E-state index in [-0.39, 0.29) is 5.56 Å². The molecule has 0 saturated heterocycles. The lowest BCUT2D eigenvalue weighted by molar-refractivity contribution is 0.467. The summed E-state index contributed by atoms with van der Waals surface area (Å²) >= 11 is 0. The predicted molar refractivity (Wildman–Crippen MR) is 96.9 cm³/mol. The van der Waals surface area contributed by atoms with Crippen LogP contribution in [0.3, 0.4) is 0 Å². The van der Waals surface area contributed by atoms with Crippen LogP contribution in [0.4, 0.5) is 0 Å². The third-order valence-corrected chi connectivity index (χ3v) is 5.80. The van der Waals surface area contributed by atoms with E-state index in [1.54, 1.807) is 24.3 Å². The first kappa shape index (κ1) is 18.3. The molecule has 0 unspecified atom stereocenters. The number of hydrogen-bond donors (Lipinski definition) is 2. The van der Waals surface area contributed by atoms with Crippen molar-refractivity contribution in [2.75, 3.05) is 0 Å². The summed E-state index contributed by atoms with van der Waals surface area (Å²) in [6, 6.07) is 19.5. The molecular formula is C18H14O6S2. The highest BCUT2D eigenvalue weighted by Gasteiger charge is 2.28. The first-order valence-electron chi connectivity index (χ1n) is 7.42. The van der Waals surface area contributed by atoms with Gasteiger partial charge in [0.2, 0.25) is 0 Å². The Hall–Kier alpha value is -2.52. The Morgan fingerprint density at radius 3 is 1.65 bits per heavy atom. The van der Waals surface area contributed by atoms with Gasteiger partial charge in [0.25, 0.3) is 20.2 Å². The predicted octanol–water partition coefficient (Wildman–Crippen LogP) is 3.51. The Morgan fingerprint density at radius 2 is 1.08 bits per heavy atom. The molecule has 0 aliphatic heterocycles. The van der Waals surface area contributed by atoms with E-state index in [2.05, 4.69) is 0 Å². The van der Waals surface area contributed by atoms with E-state index < -0.39 is 30.0 Å². The molecule has 3 aromatic rings. The molecule has 0 heterocycles. The van der Waals surface area contributed by atoms with E-state index in [1.165, 1.54) is 12.1 Å². The zero-order valence-electron chi connectivity index (χ0n) is 13.3. The summed E-state index contributed by atoms with van der Waals surface area (Å²) < 4.78 is 66.1. The molecule has 0 atom stereocenters. The minimum absolute atomic E-state index is 0.0259. The third kappa shape index (κ3) is 3.54. The van der Waals surface area contributed by atoms with E-state index in [0.29, 0.717) is 11.1 Å². The maximum absolute atomic E-state index is 11.9. The van der Waals surface area contributed by atoms with Crippen LogP contribution in [-0.4, -0.2) is 25.9 Å². The van der Waals surface area contributed by atoms with E-state index in [4.69, 9.17) is 0 Å². The van der Waals surface area contributed by atoms with Gasteiger partial charge in [-0.2, -0.15) is 16.8 Å². The fourth-order valence-electron chi connectivity index (χ4n) is 2.78. The first-order chi connectivity index (χ1) is 12.2. The molecule has 6 nitrogen and oxygen atoms in total. The Balaban J connectivity index is 2.41. The van der Waals surface area contributed by atoms with Crippen molar-refractivity contribution < 1.29 is 25.9 Å². The molecule has 0 bridgehead atoms. The van der Waals surface area contributed by atoms with Crippen molar-refractivity contribution in [2.24, 2.45) is 0 Å². The van der Waals surface area contributed by atoms with E-state index in [1.807, 2.05) is 30.3 Å². The SMILES string of the molecule is O=S(=O)(O)c1cccc(-c2ccccc2-c2ccccc2)c1S(=O)(=O)O. The molecule has 0 aromatic heterocycles. The third-order valence-electron chi connectivity index (χ3n) is 3.82. The van der Waals surface area contributed by atoms with Crippen LogP contribution in [0.2, 0.25) is 0 Å². The summed E-state index contributed by atoms with van der Waals surface area (Å²) in [5, 5.41) is 0.